The summed E-state index contributed by atoms with van der Waals surface area (Å²) in [6.45, 7) is 5.03. The number of thiazole rings is 1. The number of nitrogens with zero attached hydrogens (tertiary/aromatic N) is 2. The molecule has 3 aromatic rings. The second-order valence-electron chi connectivity index (χ2n) is 7.89. The van der Waals surface area contributed by atoms with E-state index in [0.29, 0.717) is 11.4 Å². The zero-order valence-electron chi connectivity index (χ0n) is 18.2. The largest absolute Gasteiger partial charge is 0.424 e. The number of rotatable bonds is 6. The fourth-order valence-corrected chi connectivity index (χ4v) is 3.69. The average Bonchev–Trinajstić information content (AvgIpc) is 3.28. The van der Waals surface area contributed by atoms with E-state index in [2.05, 4.69) is 4.98 Å². The molecule has 0 unspecified atom stereocenters. The van der Waals surface area contributed by atoms with Gasteiger partial charge in [-0.25, -0.2) is 4.98 Å². The first-order valence-corrected chi connectivity index (χ1v) is 11.0. The SMILES string of the molecule is CCC(C)(C)C(=O)O/C(=C(/C#N)c1csc(-c2ccccc2)n1)c1ccccc1C(F)(F)F. The monoisotopic (exact) mass is 470 g/mol. The minimum Gasteiger partial charge on any atom is -0.424 e. The van der Waals surface area contributed by atoms with Gasteiger partial charge in [-0.2, -0.15) is 18.4 Å². The summed E-state index contributed by atoms with van der Waals surface area (Å²) in [4.78, 5) is 17.3. The van der Waals surface area contributed by atoms with Crippen LogP contribution in [-0.4, -0.2) is 11.0 Å². The third-order valence-electron chi connectivity index (χ3n) is 5.23. The van der Waals surface area contributed by atoms with E-state index in [1.54, 1.807) is 26.2 Å². The molecule has 0 aliphatic heterocycles. The van der Waals surface area contributed by atoms with Gasteiger partial charge in [0.25, 0.3) is 0 Å². The fourth-order valence-electron chi connectivity index (χ4n) is 2.87. The maximum absolute atomic E-state index is 13.8. The lowest BCUT2D eigenvalue weighted by Crippen LogP contribution is -2.26. The molecule has 0 saturated heterocycles. The van der Waals surface area contributed by atoms with Crippen molar-refractivity contribution in [2.75, 3.05) is 0 Å². The van der Waals surface area contributed by atoms with E-state index in [1.807, 2.05) is 36.4 Å². The van der Waals surface area contributed by atoms with Crippen LogP contribution in [-0.2, 0) is 15.7 Å². The molecule has 0 N–H and O–H groups in total. The molecule has 33 heavy (non-hydrogen) atoms. The molecule has 0 aliphatic carbocycles. The first-order valence-electron chi connectivity index (χ1n) is 10.1. The molecule has 3 rings (SSSR count). The van der Waals surface area contributed by atoms with Crippen LogP contribution in [0.25, 0.3) is 21.9 Å². The molecule has 8 heteroatoms. The Morgan fingerprint density at radius 2 is 1.73 bits per heavy atom. The first-order chi connectivity index (χ1) is 15.6. The van der Waals surface area contributed by atoms with Crippen LogP contribution >= 0.6 is 11.3 Å². The van der Waals surface area contributed by atoms with Crippen molar-refractivity contribution in [2.24, 2.45) is 5.41 Å². The fraction of sp³-hybridized carbons (Fsp3) is 0.240. The molecule has 0 radical (unpaired) electrons. The van der Waals surface area contributed by atoms with Crippen molar-refractivity contribution in [1.29, 1.82) is 5.26 Å². The number of allylic oxidation sites excluding steroid dienone is 1. The molecule has 0 fully saturated rings. The maximum atomic E-state index is 13.8. The standard InChI is InChI=1S/C25H21F3N2O2S/c1-4-24(2,3)23(31)32-21(17-12-8-9-13-19(17)25(26,27)28)18(14-29)20-15-33-22(30-20)16-10-6-5-7-11-16/h5-13,15H,4H2,1-3H3/b21-18-. The van der Waals surface area contributed by atoms with E-state index >= 15 is 0 Å². The van der Waals surface area contributed by atoms with Crippen LogP contribution < -0.4 is 0 Å². The molecule has 0 saturated carbocycles. The van der Waals surface area contributed by atoms with Crippen LogP contribution in [0.1, 0.15) is 44.0 Å². The Hall–Kier alpha value is -3.44. The Morgan fingerprint density at radius 3 is 2.33 bits per heavy atom. The number of carbonyl (C=O) groups excluding carboxylic acids is 1. The summed E-state index contributed by atoms with van der Waals surface area (Å²) < 4.78 is 46.9. The van der Waals surface area contributed by atoms with Crippen LogP contribution in [0.5, 0.6) is 0 Å². The Kier molecular flexibility index (Phi) is 7.04. The van der Waals surface area contributed by atoms with Crippen molar-refractivity contribution in [2.45, 2.75) is 33.4 Å². The lowest BCUT2D eigenvalue weighted by molar-refractivity contribution is -0.147. The molecular formula is C25H21F3N2O2S. The number of alkyl halides is 3. The molecule has 1 heterocycles. The zero-order valence-corrected chi connectivity index (χ0v) is 19.1. The van der Waals surface area contributed by atoms with Gasteiger partial charge in [-0.3, -0.25) is 4.79 Å². The molecule has 4 nitrogen and oxygen atoms in total. The normalized spacial score (nSPS) is 12.6. The van der Waals surface area contributed by atoms with E-state index in [1.165, 1.54) is 29.5 Å². The molecule has 0 bridgehead atoms. The van der Waals surface area contributed by atoms with E-state index in [4.69, 9.17) is 4.74 Å². The molecule has 170 valence electrons. The summed E-state index contributed by atoms with van der Waals surface area (Å²) in [5.41, 5.74) is -1.67. The highest BCUT2D eigenvalue weighted by molar-refractivity contribution is 7.13. The van der Waals surface area contributed by atoms with Gasteiger partial charge in [-0.15, -0.1) is 11.3 Å². The van der Waals surface area contributed by atoms with Gasteiger partial charge in [0.15, 0.2) is 5.76 Å². The number of nitriles is 1. The molecule has 1 aromatic heterocycles. The van der Waals surface area contributed by atoms with E-state index in [9.17, 15) is 23.2 Å². The van der Waals surface area contributed by atoms with Gasteiger partial charge >= 0.3 is 12.1 Å². The lowest BCUT2D eigenvalue weighted by Gasteiger charge is -2.23. The highest BCUT2D eigenvalue weighted by Crippen LogP contribution is 2.39. The molecular weight excluding hydrogens is 449 g/mol. The Balaban J connectivity index is 2.23. The van der Waals surface area contributed by atoms with E-state index in [0.717, 1.165) is 11.6 Å². The minimum absolute atomic E-state index is 0.135. The summed E-state index contributed by atoms with van der Waals surface area (Å²) in [5.74, 6) is -1.19. The highest BCUT2D eigenvalue weighted by atomic mass is 32.1. The number of aromatic nitrogens is 1. The maximum Gasteiger partial charge on any atom is 0.417 e. The predicted octanol–water partition coefficient (Wildman–Crippen LogP) is 7.20. The Bertz CT molecular complexity index is 1220. The van der Waals surface area contributed by atoms with Crippen LogP contribution in [0.15, 0.2) is 60.0 Å². The van der Waals surface area contributed by atoms with Gasteiger partial charge < -0.3 is 4.74 Å². The lowest BCUT2D eigenvalue weighted by atomic mass is 9.90. The second-order valence-corrected chi connectivity index (χ2v) is 8.75. The number of halogens is 3. The average molecular weight is 471 g/mol. The summed E-state index contributed by atoms with van der Waals surface area (Å²) in [6.07, 6.45) is -4.32. The van der Waals surface area contributed by atoms with Crippen molar-refractivity contribution in [3.63, 3.8) is 0 Å². The van der Waals surface area contributed by atoms with Crippen molar-refractivity contribution in [1.82, 2.24) is 4.98 Å². The first kappa shape index (κ1) is 24.2. The van der Waals surface area contributed by atoms with E-state index in [-0.39, 0.29) is 11.3 Å². The Morgan fingerprint density at radius 1 is 1.09 bits per heavy atom. The molecule has 0 atom stereocenters. The summed E-state index contributed by atoms with van der Waals surface area (Å²) in [5, 5.41) is 12.1. The summed E-state index contributed by atoms with van der Waals surface area (Å²) in [6, 6.07) is 15.8. The third kappa shape index (κ3) is 5.32. The topological polar surface area (TPSA) is 63.0 Å². The van der Waals surface area contributed by atoms with Crippen molar-refractivity contribution < 1.29 is 22.7 Å². The number of ether oxygens (including phenoxy) is 1. The van der Waals surface area contributed by atoms with Crippen LogP contribution in [0.3, 0.4) is 0 Å². The molecule has 0 amide bonds. The summed E-state index contributed by atoms with van der Waals surface area (Å²) >= 11 is 1.24. The van der Waals surface area contributed by atoms with Crippen molar-refractivity contribution in [3.8, 4) is 16.6 Å². The van der Waals surface area contributed by atoms with Crippen LogP contribution in [0, 0.1) is 16.7 Å². The summed E-state index contributed by atoms with van der Waals surface area (Å²) in [7, 11) is 0. The molecule has 2 aromatic carbocycles. The number of carbonyl (C=O) groups is 1. The van der Waals surface area contributed by atoms with Gasteiger partial charge in [0.1, 0.15) is 16.6 Å². The van der Waals surface area contributed by atoms with Gasteiger partial charge in [-0.05, 0) is 26.3 Å². The van der Waals surface area contributed by atoms with Gasteiger partial charge in [0.05, 0.1) is 16.7 Å². The third-order valence-corrected chi connectivity index (χ3v) is 6.12. The number of hydrogen-bond donors (Lipinski definition) is 0. The molecule has 0 spiro atoms. The van der Waals surface area contributed by atoms with E-state index < -0.39 is 34.4 Å². The van der Waals surface area contributed by atoms with Crippen molar-refractivity contribution in [3.05, 3.63) is 76.8 Å². The predicted molar refractivity (Wildman–Crippen MR) is 122 cm³/mol. The number of benzene rings is 2. The zero-order chi connectivity index (χ0) is 24.2. The highest BCUT2D eigenvalue weighted by Gasteiger charge is 2.37. The smallest absolute Gasteiger partial charge is 0.417 e. The van der Waals surface area contributed by atoms with Crippen molar-refractivity contribution >= 4 is 28.6 Å². The van der Waals surface area contributed by atoms with Crippen LogP contribution in [0.4, 0.5) is 13.2 Å². The van der Waals surface area contributed by atoms with Gasteiger partial charge in [-0.1, -0.05) is 55.5 Å². The molecule has 0 aliphatic rings. The van der Waals surface area contributed by atoms with Crippen LogP contribution in [0.2, 0.25) is 0 Å². The number of hydrogen-bond acceptors (Lipinski definition) is 5. The Labute approximate surface area is 194 Å². The second kappa shape index (κ2) is 9.59. The van der Waals surface area contributed by atoms with Gasteiger partial charge in [0.2, 0.25) is 0 Å². The quantitative estimate of drug-likeness (QED) is 0.217. The van der Waals surface area contributed by atoms with Gasteiger partial charge in [0, 0.05) is 16.5 Å². The number of esters is 1. The minimum atomic E-state index is -4.72.